The fourth-order valence-corrected chi connectivity index (χ4v) is 3.34. The molecule has 0 aliphatic heterocycles. The van der Waals surface area contributed by atoms with Crippen LogP contribution in [0.1, 0.15) is 35.2 Å². The highest BCUT2D eigenvalue weighted by molar-refractivity contribution is 6.42. The lowest BCUT2D eigenvalue weighted by atomic mass is 10.1. The van der Waals surface area contributed by atoms with Gasteiger partial charge in [-0.3, -0.25) is 9.59 Å². The highest BCUT2D eigenvalue weighted by Crippen LogP contribution is 2.23. The molecular weight excluding hydrogens is 421 g/mol. The van der Waals surface area contributed by atoms with Crippen molar-refractivity contribution in [2.75, 3.05) is 33.7 Å². The number of hydrogen-bond donors (Lipinski definition) is 1. The molecule has 0 radical (unpaired) electrons. The van der Waals surface area contributed by atoms with Crippen LogP contribution >= 0.6 is 23.2 Å². The molecule has 2 aromatic carbocycles. The van der Waals surface area contributed by atoms with E-state index in [4.69, 9.17) is 23.2 Å². The molecular formula is C23H29Cl2N3O2. The van der Waals surface area contributed by atoms with Crippen molar-refractivity contribution >= 4 is 35.0 Å². The molecule has 0 saturated heterocycles. The van der Waals surface area contributed by atoms with Crippen molar-refractivity contribution in [3.05, 3.63) is 69.7 Å². The summed E-state index contributed by atoms with van der Waals surface area (Å²) in [5, 5.41) is 3.85. The van der Waals surface area contributed by atoms with Gasteiger partial charge >= 0.3 is 0 Å². The van der Waals surface area contributed by atoms with E-state index in [2.05, 4.69) is 10.2 Å². The Kier molecular flexibility index (Phi) is 10.1. The van der Waals surface area contributed by atoms with E-state index in [0.29, 0.717) is 48.1 Å². The van der Waals surface area contributed by atoms with Crippen molar-refractivity contribution in [3.63, 3.8) is 0 Å². The molecule has 0 saturated carbocycles. The number of carbonyl (C=O) groups is 2. The second-order valence-corrected chi connectivity index (χ2v) is 8.26. The van der Waals surface area contributed by atoms with Gasteiger partial charge in [-0.05, 0) is 63.3 Å². The van der Waals surface area contributed by atoms with Crippen LogP contribution in [-0.4, -0.2) is 55.3 Å². The summed E-state index contributed by atoms with van der Waals surface area (Å²) >= 11 is 12.1. The summed E-state index contributed by atoms with van der Waals surface area (Å²) in [5.41, 5.74) is 1.56. The zero-order chi connectivity index (χ0) is 21.9. The molecule has 0 aliphatic rings. The Morgan fingerprint density at radius 2 is 1.67 bits per heavy atom. The summed E-state index contributed by atoms with van der Waals surface area (Å²) in [5.74, 6) is -0.0597. The minimum absolute atomic E-state index is 0.0637. The van der Waals surface area contributed by atoms with Gasteiger partial charge in [-0.15, -0.1) is 0 Å². The maximum atomic E-state index is 12.8. The number of rotatable bonds is 11. The second kappa shape index (κ2) is 12.6. The number of halogens is 2. The molecule has 0 fully saturated rings. The first-order valence-electron chi connectivity index (χ1n) is 10.1. The Hall–Kier alpha value is -2.08. The summed E-state index contributed by atoms with van der Waals surface area (Å²) in [6, 6.07) is 14.5. The summed E-state index contributed by atoms with van der Waals surface area (Å²) < 4.78 is 0. The average molecular weight is 450 g/mol. The largest absolute Gasteiger partial charge is 0.352 e. The van der Waals surface area contributed by atoms with E-state index in [1.807, 2.05) is 43.3 Å². The molecule has 5 nitrogen and oxygen atoms in total. The SMILES string of the molecule is CN(C)CCCN(Cc1ccc(Cl)c(Cl)c1)C(=O)CCCNC(=O)c1ccccc1. The molecule has 0 aliphatic carbocycles. The van der Waals surface area contributed by atoms with Crippen molar-refractivity contribution in [3.8, 4) is 0 Å². The third kappa shape index (κ3) is 8.34. The highest BCUT2D eigenvalue weighted by Gasteiger charge is 2.15. The van der Waals surface area contributed by atoms with Crippen molar-refractivity contribution in [1.82, 2.24) is 15.1 Å². The summed E-state index contributed by atoms with van der Waals surface area (Å²) in [7, 11) is 4.03. The van der Waals surface area contributed by atoms with Crippen LogP contribution in [-0.2, 0) is 11.3 Å². The van der Waals surface area contributed by atoms with E-state index < -0.39 is 0 Å². The van der Waals surface area contributed by atoms with Crippen LogP contribution in [0.15, 0.2) is 48.5 Å². The van der Waals surface area contributed by atoms with Crippen LogP contribution in [0, 0.1) is 0 Å². The molecule has 2 aromatic rings. The average Bonchev–Trinajstić information content (AvgIpc) is 2.73. The predicted molar refractivity (Wildman–Crippen MR) is 123 cm³/mol. The van der Waals surface area contributed by atoms with Gasteiger partial charge in [-0.1, -0.05) is 47.5 Å². The Balaban J connectivity index is 1.87. The highest BCUT2D eigenvalue weighted by atomic mass is 35.5. The maximum Gasteiger partial charge on any atom is 0.251 e. The lowest BCUT2D eigenvalue weighted by Gasteiger charge is -2.24. The van der Waals surface area contributed by atoms with Crippen molar-refractivity contribution < 1.29 is 9.59 Å². The number of nitrogens with zero attached hydrogens (tertiary/aromatic N) is 2. The lowest BCUT2D eigenvalue weighted by Crippen LogP contribution is -2.33. The number of amides is 2. The fourth-order valence-electron chi connectivity index (χ4n) is 3.02. The van der Waals surface area contributed by atoms with Gasteiger partial charge < -0.3 is 15.1 Å². The molecule has 0 spiro atoms. The van der Waals surface area contributed by atoms with E-state index >= 15 is 0 Å². The number of nitrogens with one attached hydrogen (secondary N) is 1. The third-order valence-corrected chi connectivity index (χ3v) is 5.37. The molecule has 2 amide bonds. The molecule has 0 bridgehead atoms. The standard InChI is InChI=1S/C23H29Cl2N3O2/c1-27(2)14-7-15-28(17-18-11-12-20(24)21(25)16-18)22(29)10-6-13-26-23(30)19-8-4-3-5-9-19/h3-5,8-9,11-12,16H,6-7,10,13-15,17H2,1-2H3,(H,26,30). The first kappa shape index (κ1) is 24.2. The minimum atomic E-state index is -0.123. The lowest BCUT2D eigenvalue weighted by molar-refractivity contribution is -0.132. The van der Waals surface area contributed by atoms with Gasteiger partial charge in [0.25, 0.3) is 5.91 Å². The van der Waals surface area contributed by atoms with Crippen LogP contribution in [0.3, 0.4) is 0 Å². The van der Waals surface area contributed by atoms with Crippen LogP contribution in [0.4, 0.5) is 0 Å². The Bertz CT molecular complexity index is 828. The number of benzene rings is 2. The van der Waals surface area contributed by atoms with E-state index in [9.17, 15) is 9.59 Å². The molecule has 0 heterocycles. The summed E-state index contributed by atoms with van der Waals surface area (Å²) in [6.07, 6.45) is 1.84. The summed E-state index contributed by atoms with van der Waals surface area (Å²) in [4.78, 5) is 28.9. The molecule has 2 rings (SSSR count). The van der Waals surface area contributed by atoms with E-state index in [1.54, 1.807) is 24.3 Å². The van der Waals surface area contributed by atoms with Gasteiger partial charge in [0.15, 0.2) is 0 Å². The van der Waals surface area contributed by atoms with Gasteiger partial charge in [0, 0.05) is 31.6 Å². The molecule has 162 valence electrons. The zero-order valence-corrected chi connectivity index (χ0v) is 19.0. The number of carbonyl (C=O) groups excluding carboxylic acids is 2. The third-order valence-electron chi connectivity index (χ3n) is 4.63. The fraction of sp³-hybridized carbons (Fsp3) is 0.391. The Morgan fingerprint density at radius 1 is 0.933 bits per heavy atom. The smallest absolute Gasteiger partial charge is 0.251 e. The van der Waals surface area contributed by atoms with E-state index in [1.165, 1.54) is 0 Å². The molecule has 30 heavy (non-hydrogen) atoms. The van der Waals surface area contributed by atoms with Crippen molar-refractivity contribution in [1.29, 1.82) is 0 Å². The quantitative estimate of drug-likeness (QED) is 0.514. The monoisotopic (exact) mass is 449 g/mol. The maximum absolute atomic E-state index is 12.8. The van der Waals surface area contributed by atoms with Crippen LogP contribution in [0.2, 0.25) is 10.0 Å². The van der Waals surface area contributed by atoms with Gasteiger partial charge in [-0.2, -0.15) is 0 Å². The van der Waals surface area contributed by atoms with Crippen LogP contribution < -0.4 is 5.32 Å². The Morgan fingerprint density at radius 3 is 2.33 bits per heavy atom. The molecule has 7 heteroatoms. The van der Waals surface area contributed by atoms with Gasteiger partial charge in [0.2, 0.25) is 5.91 Å². The van der Waals surface area contributed by atoms with Crippen LogP contribution in [0.5, 0.6) is 0 Å². The van der Waals surface area contributed by atoms with E-state index in [-0.39, 0.29) is 11.8 Å². The predicted octanol–water partition coefficient (Wildman–Crippen LogP) is 4.48. The first-order valence-corrected chi connectivity index (χ1v) is 10.8. The van der Waals surface area contributed by atoms with Crippen molar-refractivity contribution in [2.24, 2.45) is 0 Å². The van der Waals surface area contributed by atoms with Crippen molar-refractivity contribution in [2.45, 2.75) is 25.8 Å². The van der Waals surface area contributed by atoms with Gasteiger partial charge in [0.1, 0.15) is 0 Å². The summed E-state index contributed by atoms with van der Waals surface area (Å²) in [6.45, 7) is 2.50. The minimum Gasteiger partial charge on any atom is -0.352 e. The topological polar surface area (TPSA) is 52.6 Å². The molecule has 0 unspecified atom stereocenters. The van der Waals surface area contributed by atoms with Gasteiger partial charge in [-0.25, -0.2) is 0 Å². The number of hydrogen-bond acceptors (Lipinski definition) is 3. The van der Waals surface area contributed by atoms with Gasteiger partial charge in [0.05, 0.1) is 10.0 Å². The zero-order valence-electron chi connectivity index (χ0n) is 17.5. The first-order chi connectivity index (χ1) is 14.4. The molecule has 1 N–H and O–H groups in total. The molecule has 0 atom stereocenters. The molecule has 0 aromatic heterocycles. The van der Waals surface area contributed by atoms with E-state index in [0.717, 1.165) is 18.5 Å². The second-order valence-electron chi connectivity index (χ2n) is 7.45. The Labute approximate surface area is 189 Å². The normalized spacial score (nSPS) is 10.8. The van der Waals surface area contributed by atoms with Crippen LogP contribution in [0.25, 0.3) is 0 Å².